The van der Waals surface area contributed by atoms with Gasteiger partial charge in [0.05, 0.1) is 11.2 Å². The van der Waals surface area contributed by atoms with Crippen LogP contribution in [0, 0.1) is 5.82 Å². The summed E-state index contributed by atoms with van der Waals surface area (Å²) in [7, 11) is -1.24. The van der Waals surface area contributed by atoms with Gasteiger partial charge in [0.2, 0.25) is 5.89 Å². The number of halogens is 2. The molecule has 0 saturated heterocycles. The van der Waals surface area contributed by atoms with Crippen molar-refractivity contribution in [2.75, 3.05) is 6.61 Å². The van der Waals surface area contributed by atoms with E-state index in [1.54, 1.807) is 30.5 Å². The van der Waals surface area contributed by atoms with E-state index in [1.807, 2.05) is 29.0 Å². The second-order valence-electron chi connectivity index (χ2n) is 10.4. The Hall–Kier alpha value is -3.30. The summed E-state index contributed by atoms with van der Waals surface area (Å²) in [5.41, 5.74) is 3.71. The van der Waals surface area contributed by atoms with Gasteiger partial charge in [-0.2, -0.15) is 0 Å². The van der Waals surface area contributed by atoms with Gasteiger partial charge in [-0.15, -0.1) is 0 Å². The lowest BCUT2D eigenvalue weighted by molar-refractivity contribution is 0.0899. The number of hydrogen-bond acceptors (Lipinski definition) is 5. The highest BCUT2D eigenvalue weighted by molar-refractivity contribution is 6.76. The molecular formula is C29H29ClFN3O3Si. The molecule has 38 heavy (non-hydrogen) atoms. The zero-order valence-electron chi connectivity index (χ0n) is 21.5. The molecule has 5 rings (SSSR count). The SMILES string of the molecule is C[Si](C)(C)CCOCn1cc(-c2ccccc2F)c2c(Cl)c(-c3cccc(C(O)c4ncco4)c3)cnc21. The molecule has 0 aliphatic carbocycles. The second kappa shape index (κ2) is 10.8. The molecule has 0 aliphatic heterocycles. The van der Waals surface area contributed by atoms with Gasteiger partial charge in [-0.05, 0) is 29.3 Å². The predicted molar refractivity (Wildman–Crippen MR) is 150 cm³/mol. The van der Waals surface area contributed by atoms with Crippen LogP contribution in [0.5, 0.6) is 0 Å². The third-order valence-electron chi connectivity index (χ3n) is 6.41. The van der Waals surface area contributed by atoms with Crippen LogP contribution in [0.25, 0.3) is 33.3 Å². The Bertz CT molecular complexity index is 1560. The average Bonchev–Trinajstić information content (AvgIpc) is 3.55. The third kappa shape index (κ3) is 5.44. The van der Waals surface area contributed by atoms with Crippen molar-refractivity contribution < 1.29 is 18.7 Å². The Labute approximate surface area is 226 Å². The van der Waals surface area contributed by atoms with Gasteiger partial charge < -0.3 is 18.8 Å². The summed E-state index contributed by atoms with van der Waals surface area (Å²) in [4.78, 5) is 8.79. The number of pyridine rings is 1. The maximum atomic E-state index is 14.9. The van der Waals surface area contributed by atoms with Crippen molar-refractivity contribution in [2.45, 2.75) is 38.5 Å². The fourth-order valence-electron chi connectivity index (χ4n) is 4.33. The number of aliphatic hydroxyl groups is 1. The van der Waals surface area contributed by atoms with Crippen LogP contribution in [0.2, 0.25) is 30.7 Å². The molecular weight excluding hydrogens is 521 g/mol. The van der Waals surface area contributed by atoms with E-state index in [9.17, 15) is 9.50 Å². The zero-order valence-corrected chi connectivity index (χ0v) is 23.2. The first-order chi connectivity index (χ1) is 18.2. The number of aliphatic hydroxyl groups excluding tert-OH is 1. The fourth-order valence-corrected chi connectivity index (χ4v) is 5.43. The van der Waals surface area contributed by atoms with E-state index in [1.165, 1.54) is 18.5 Å². The minimum atomic E-state index is -1.24. The number of benzene rings is 2. The van der Waals surface area contributed by atoms with Crippen LogP contribution in [0.15, 0.2) is 77.8 Å². The summed E-state index contributed by atoms with van der Waals surface area (Å²) in [5.74, 6) is -0.140. The lowest BCUT2D eigenvalue weighted by Gasteiger charge is -2.15. The van der Waals surface area contributed by atoms with Gasteiger partial charge in [-0.1, -0.05) is 67.6 Å². The summed E-state index contributed by atoms with van der Waals surface area (Å²) in [5, 5.41) is 11.8. The molecule has 1 N–H and O–H groups in total. The Morgan fingerprint density at radius 3 is 2.63 bits per heavy atom. The van der Waals surface area contributed by atoms with Crippen LogP contribution < -0.4 is 0 Å². The van der Waals surface area contributed by atoms with Crippen LogP contribution in [0.4, 0.5) is 4.39 Å². The van der Waals surface area contributed by atoms with Crippen molar-refractivity contribution in [1.82, 2.24) is 14.5 Å². The largest absolute Gasteiger partial charge is 0.446 e. The Balaban J connectivity index is 1.58. The van der Waals surface area contributed by atoms with Gasteiger partial charge in [0, 0.05) is 49.2 Å². The molecule has 196 valence electrons. The highest BCUT2D eigenvalue weighted by Gasteiger charge is 2.22. The van der Waals surface area contributed by atoms with Gasteiger partial charge in [-0.25, -0.2) is 14.4 Å². The number of fused-ring (bicyclic) bond motifs is 1. The first-order valence-electron chi connectivity index (χ1n) is 12.4. The lowest BCUT2D eigenvalue weighted by Crippen LogP contribution is -2.22. The van der Waals surface area contributed by atoms with Crippen molar-refractivity contribution in [2.24, 2.45) is 0 Å². The lowest BCUT2D eigenvalue weighted by atomic mass is 9.99. The molecule has 0 amide bonds. The summed E-state index contributed by atoms with van der Waals surface area (Å²) in [6.45, 7) is 7.85. The molecule has 5 aromatic rings. The number of hydrogen-bond donors (Lipinski definition) is 1. The molecule has 3 aromatic heterocycles. The fraction of sp³-hybridized carbons (Fsp3) is 0.241. The van der Waals surface area contributed by atoms with E-state index < -0.39 is 14.2 Å². The summed E-state index contributed by atoms with van der Waals surface area (Å²) >= 11 is 7.05. The second-order valence-corrected chi connectivity index (χ2v) is 16.4. The molecule has 1 unspecified atom stereocenters. The van der Waals surface area contributed by atoms with E-state index in [2.05, 4.69) is 24.6 Å². The number of ether oxygens (including phenoxy) is 1. The number of oxazole rings is 1. The van der Waals surface area contributed by atoms with E-state index >= 15 is 0 Å². The van der Waals surface area contributed by atoms with Crippen molar-refractivity contribution in [3.8, 4) is 22.3 Å². The number of nitrogens with zero attached hydrogens (tertiary/aromatic N) is 3. The van der Waals surface area contributed by atoms with E-state index in [0.29, 0.717) is 44.9 Å². The first kappa shape index (κ1) is 26.3. The van der Waals surface area contributed by atoms with E-state index in [-0.39, 0.29) is 18.4 Å². The van der Waals surface area contributed by atoms with Crippen LogP contribution >= 0.6 is 11.6 Å². The van der Waals surface area contributed by atoms with Gasteiger partial charge in [0.1, 0.15) is 24.5 Å². The zero-order chi connectivity index (χ0) is 26.9. The quantitative estimate of drug-likeness (QED) is 0.152. The highest BCUT2D eigenvalue weighted by atomic mass is 35.5. The van der Waals surface area contributed by atoms with Crippen LogP contribution in [-0.2, 0) is 11.5 Å². The molecule has 0 fully saturated rings. The smallest absolute Gasteiger partial charge is 0.227 e. The molecule has 0 spiro atoms. The normalized spacial score (nSPS) is 12.8. The standard InChI is InChI=1S/C29H29ClFN3O3Si/c1-38(2,3)14-13-36-18-34-17-23(21-9-4-5-10-24(21)31)25-26(30)22(16-33-28(25)34)19-7-6-8-20(15-19)27(35)29-32-11-12-37-29/h4-12,15-17,27,35H,13-14,18H2,1-3H3. The van der Waals surface area contributed by atoms with Gasteiger partial charge in [-0.3, -0.25) is 0 Å². The maximum absolute atomic E-state index is 14.9. The minimum Gasteiger partial charge on any atom is -0.446 e. The van der Waals surface area contributed by atoms with Crippen LogP contribution in [0.3, 0.4) is 0 Å². The van der Waals surface area contributed by atoms with Crippen molar-refractivity contribution in [3.63, 3.8) is 0 Å². The molecule has 3 heterocycles. The molecule has 2 aromatic carbocycles. The summed E-state index contributed by atoms with van der Waals surface area (Å²) in [6.07, 6.45) is 5.43. The molecule has 0 saturated carbocycles. The summed E-state index contributed by atoms with van der Waals surface area (Å²) < 4.78 is 28.1. The molecule has 9 heteroatoms. The van der Waals surface area contributed by atoms with E-state index in [4.69, 9.17) is 25.7 Å². The monoisotopic (exact) mass is 549 g/mol. The Morgan fingerprint density at radius 2 is 1.89 bits per heavy atom. The van der Waals surface area contributed by atoms with Gasteiger partial charge in [0.25, 0.3) is 0 Å². The molecule has 0 bridgehead atoms. The van der Waals surface area contributed by atoms with Crippen molar-refractivity contribution in [1.29, 1.82) is 0 Å². The van der Waals surface area contributed by atoms with Crippen molar-refractivity contribution in [3.05, 3.63) is 95.7 Å². The van der Waals surface area contributed by atoms with Gasteiger partial charge in [0.15, 0.2) is 6.10 Å². The van der Waals surface area contributed by atoms with Crippen molar-refractivity contribution >= 4 is 30.7 Å². The molecule has 1 atom stereocenters. The minimum absolute atomic E-state index is 0.204. The number of rotatable bonds is 9. The van der Waals surface area contributed by atoms with Crippen LogP contribution in [-0.4, -0.2) is 34.3 Å². The highest BCUT2D eigenvalue weighted by Crippen LogP contribution is 2.41. The molecule has 0 aliphatic rings. The third-order valence-corrected chi connectivity index (χ3v) is 8.51. The summed E-state index contributed by atoms with van der Waals surface area (Å²) in [6, 6.07) is 15.0. The Kier molecular flexibility index (Phi) is 7.49. The van der Waals surface area contributed by atoms with Gasteiger partial charge >= 0.3 is 0 Å². The Morgan fingerprint density at radius 1 is 1.08 bits per heavy atom. The average molecular weight is 550 g/mol. The predicted octanol–water partition coefficient (Wildman–Crippen LogP) is 7.54. The van der Waals surface area contributed by atoms with E-state index in [0.717, 1.165) is 11.6 Å². The maximum Gasteiger partial charge on any atom is 0.227 e. The molecule has 6 nitrogen and oxygen atoms in total. The van der Waals surface area contributed by atoms with Crippen LogP contribution in [0.1, 0.15) is 17.6 Å². The first-order valence-corrected chi connectivity index (χ1v) is 16.5. The number of aromatic nitrogens is 3. The molecule has 0 radical (unpaired) electrons. The topological polar surface area (TPSA) is 73.3 Å².